The second-order valence-corrected chi connectivity index (χ2v) is 7.29. The third-order valence-corrected chi connectivity index (χ3v) is 6.00. The molecule has 0 N–H and O–H groups in total. The minimum Gasteiger partial charge on any atom is -0.143 e. The van der Waals surface area contributed by atoms with E-state index in [0.717, 1.165) is 9.35 Å². The minimum atomic E-state index is 0.468. The Balaban J connectivity index is 1.91. The van der Waals surface area contributed by atoms with E-state index in [2.05, 4.69) is 41.4 Å². The number of hydrogen-bond donors (Lipinski definition) is 0. The van der Waals surface area contributed by atoms with Gasteiger partial charge in [0.25, 0.3) is 0 Å². The Kier molecular flexibility index (Phi) is 4.26. The van der Waals surface area contributed by atoms with Crippen molar-refractivity contribution in [1.82, 2.24) is 10.2 Å². The third kappa shape index (κ3) is 3.23. The smallest absolute Gasteiger partial charge is 0.143 e. The lowest BCUT2D eigenvalue weighted by Gasteiger charge is -2.08. The molecule has 0 fully saturated rings. The van der Waals surface area contributed by atoms with E-state index in [0.29, 0.717) is 5.25 Å². The van der Waals surface area contributed by atoms with Crippen LogP contribution < -0.4 is 0 Å². The Morgan fingerprint density at radius 3 is 2.56 bits per heavy atom. The highest BCUT2D eigenvalue weighted by molar-refractivity contribution is 8.77. The summed E-state index contributed by atoms with van der Waals surface area (Å²) in [7, 11) is 3.53. The van der Waals surface area contributed by atoms with Crippen LogP contribution in [-0.4, -0.2) is 10.2 Å². The first-order chi connectivity index (χ1) is 7.75. The summed E-state index contributed by atoms with van der Waals surface area (Å²) >= 11 is 1.64. The van der Waals surface area contributed by atoms with Gasteiger partial charge >= 0.3 is 0 Å². The number of hydrogen-bond acceptors (Lipinski definition) is 5. The lowest BCUT2D eigenvalue weighted by atomic mass is 10.2. The number of aromatic nitrogens is 2. The molecule has 0 saturated heterocycles. The molecule has 0 aliphatic carbocycles. The summed E-state index contributed by atoms with van der Waals surface area (Å²) in [6.07, 6.45) is 0. The van der Waals surface area contributed by atoms with E-state index >= 15 is 0 Å². The van der Waals surface area contributed by atoms with Crippen LogP contribution in [-0.2, 0) is 0 Å². The van der Waals surface area contributed by atoms with Gasteiger partial charge in [0.2, 0.25) is 0 Å². The molecule has 0 saturated carbocycles. The highest BCUT2D eigenvalue weighted by Crippen LogP contribution is 2.42. The van der Waals surface area contributed by atoms with Crippen molar-refractivity contribution in [3.05, 3.63) is 40.9 Å². The van der Waals surface area contributed by atoms with Gasteiger partial charge < -0.3 is 0 Å². The number of aryl methyl sites for hydroxylation is 1. The maximum atomic E-state index is 4.09. The molecule has 0 aliphatic heterocycles. The lowest BCUT2D eigenvalue weighted by Crippen LogP contribution is -1.84. The highest BCUT2D eigenvalue weighted by atomic mass is 33.1. The molecular weight excluding hydrogens is 256 g/mol. The fourth-order valence-corrected chi connectivity index (χ4v) is 4.46. The van der Waals surface area contributed by atoms with Crippen molar-refractivity contribution in [2.45, 2.75) is 23.4 Å². The SMILES string of the molecule is Cc1nnc(SSC(C)c2ccccc2)s1. The summed E-state index contributed by atoms with van der Waals surface area (Å²) in [6, 6.07) is 10.5. The molecule has 1 unspecified atom stereocenters. The van der Waals surface area contributed by atoms with Crippen molar-refractivity contribution in [1.29, 1.82) is 0 Å². The molecule has 2 aromatic rings. The molecule has 2 nitrogen and oxygen atoms in total. The molecule has 1 aromatic heterocycles. The highest BCUT2D eigenvalue weighted by Gasteiger charge is 2.08. The van der Waals surface area contributed by atoms with Crippen molar-refractivity contribution >= 4 is 32.9 Å². The number of nitrogens with zero attached hydrogens (tertiary/aromatic N) is 2. The fraction of sp³-hybridized carbons (Fsp3) is 0.273. The van der Waals surface area contributed by atoms with Gasteiger partial charge in [0.1, 0.15) is 5.01 Å². The zero-order chi connectivity index (χ0) is 11.4. The molecule has 0 bridgehead atoms. The van der Waals surface area contributed by atoms with E-state index < -0.39 is 0 Å². The largest absolute Gasteiger partial charge is 0.184 e. The van der Waals surface area contributed by atoms with Crippen molar-refractivity contribution in [2.24, 2.45) is 0 Å². The Hall–Kier alpha value is -0.520. The predicted octanol–water partition coefficient (Wildman–Crippen LogP) is 4.35. The zero-order valence-electron chi connectivity index (χ0n) is 9.08. The maximum Gasteiger partial charge on any atom is 0.184 e. The summed E-state index contributed by atoms with van der Waals surface area (Å²) in [6.45, 7) is 4.19. The summed E-state index contributed by atoms with van der Waals surface area (Å²) < 4.78 is 1.03. The molecule has 0 amide bonds. The topological polar surface area (TPSA) is 25.8 Å². The second kappa shape index (κ2) is 5.70. The normalized spacial score (nSPS) is 12.6. The first-order valence-electron chi connectivity index (χ1n) is 4.94. The summed E-state index contributed by atoms with van der Waals surface area (Å²) in [5.41, 5.74) is 1.35. The van der Waals surface area contributed by atoms with Crippen LogP contribution >= 0.6 is 32.9 Å². The summed E-state index contributed by atoms with van der Waals surface area (Å²) in [5.74, 6) is 0. The van der Waals surface area contributed by atoms with Crippen LogP contribution in [0.5, 0.6) is 0 Å². The van der Waals surface area contributed by atoms with Gasteiger partial charge in [-0.25, -0.2) is 0 Å². The molecule has 5 heteroatoms. The molecule has 1 aromatic carbocycles. The first-order valence-corrected chi connectivity index (χ1v) is 7.97. The Labute approximate surface area is 107 Å². The van der Waals surface area contributed by atoms with Crippen molar-refractivity contribution in [3.63, 3.8) is 0 Å². The Morgan fingerprint density at radius 1 is 1.19 bits per heavy atom. The Bertz CT molecular complexity index is 442. The minimum absolute atomic E-state index is 0.468. The lowest BCUT2D eigenvalue weighted by molar-refractivity contribution is 0.986. The van der Waals surface area contributed by atoms with Crippen LogP contribution in [0.4, 0.5) is 0 Å². The van der Waals surface area contributed by atoms with Gasteiger partial charge in [-0.3, -0.25) is 0 Å². The fourth-order valence-electron chi connectivity index (χ4n) is 1.21. The van der Waals surface area contributed by atoms with Crippen molar-refractivity contribution < 1.29 is 0 Å². The van der Waals surface area contributed by atoms with Gasteiger partial charge in [-0.1, -0.05) is 52.5 Å². The van der Waals surface area contributed by atoms with E-state index in [9.17, 15) is 0 Å². The molecule has 0 aliphatic rings. The monoisotopic (exact) mass is 268 g/mol. The van der Waals surface area contributed by atoms with Gasteiger partial charge in [0, 0.05) is 5.25 Å². The standard InChI is InChI=1S/C11H12N2S3/c1-8(10-6-4-3-5-7-10)15-16-11-13-12-9(2)14-11/h3-8H,1-2H3. The molecule has 1 atom stereocenters. The quantitative estimate of drug-likeness (QED) is 0.770. The van der Waals surface area contributed by atoms with Gasteiger partial charge in [-0.2, -0.15) is 0 Å². The summed E-state index contributed by atoms with van der Waals surface area (Å²) in [4.78, 5) is 0. The van der Waals surface area contributed by atoms with Crippen molar-refractivity contribution in [2.75, 3.05) is 0 Å². The van der Waals surface area contributed by atoms with Crippen LogP contribution in [0.2, 0.25) is 0 Å². The predicted molar refractivity (Wildman–Crippen MR) is 73.0 cm³/mol. The van der Waals surface area contributed by atoms with E-state index in [1.165, 1.54) is 5.56 Å². The van der Waals surface area contributed by atoms with Crippen LogP contribution in [0.25, 0.3) is 0 Å². The molecule has 2 rings (SSSR count). The van der Waals surface area contributed by atoms with E-state index in [-0.39, 0.29) is 0 Å². The average Bonchev–Trinajstić information content (AvgIpc) is 2.73. The van der Waals surface area contributed by atoms with E-state index in [1.54, 1.807) is 22.1 Å². The third-order valence-electron chi connectivity index (χ3n) is 2.04. The molecule has 1 heterocycles. The molecular formula is C11H12N2S3. The number of benzene rings is 1. The second-order valence-electron chi connectivity index (χ2n) is 3.32. The Morgan fingerprint density at radius 2 is 1.94 bits per heavy atom. The molecule has 0 spiro atoms. The van der Waals surface area contributed by atoms with Crippen LogP contribution in [0, 0.1) is 6.92 Å². The molecule has 0 radical (unpaired) electrons. The van der Waals surface area contributed by atoms with Gasteiger partial charge in [0.15, 0.2) is 4.34 Å². The first kappa shape index (κ1) is 12.0. The maximum absolute atomic E-state index is 4.09. The van der Waals surface area contributed by atoms with Crippen molar-refractivity contribution in [3.8, 4) is 0 Å². The average molecular weight is 268 g/mol. The van der Waals surface area contributed by atoms with Gasteiger partial charge in [-0.05, 0) is 30.2 Å². The molecule has 16 heavy (non-hydrogen) atoms. The summed E-state index contributed by atoms with van der Waals surface area (Å²) in [5, 5.41) is 9.59. The van der Waals surface area contributed by atoms with E-state index in [4.69, 9.17) is 0 Å². The van der Waals surface area contributed by atoms with E-state index in [1.807, 2.05) is 23.8 Å². The van der Waals surface area contributed by atoms with Gasteiger partial charge in [0.05, 0.1) is 0 Å². The molecule has 84 valence electrons. The number of rotatable bonds is 4. The zero-order valence-corrected chi connectivity index (χ0v) is 11.5. The van der Waals surface area contributed by atoms with Crippen LogP contribution in [0.1, 0.15) is 22.7 Å². The van der Waals surface area contributed by atoms with Gasteiger partial charge in [-0.15, -0.1) is 10.2 Å². The van der Waals surface area contributed by atoms with Crippen LogP contribution in [0.3, 0.4) is 0 Å². The van der Waals surface area contributed by atoms with Crippen LogP contribution in [0.15, 0.2) is 34.7 Å².